The third-order valence-corrected chi connectivity index (χ3v) is 5.09. The maximum Gasteiger partial charge on any atom is 0.224 e. The number of amides is 1. The zero-order valence-electron chi connectivity index (χ0n) is 19.3. The Morgan fingerprint density at radius 2 is 1.78 bits per heavy atom. The van der Waals surface area contributed by atoms with Gasteiger partial charge in [0.1, 0.15) is 17.2 Å². The molecule has 7 heteroatoms. The van der Waals surface area contributed by atoms with Crippen LogP contribution in [0.25, 0.3) is 0 Å². The van der Waals surface area contributed by atoms with Crippen molar-refractivity contribution in [3.8, 4) is 17.2 Å². The third-order valence-electron chi connectivity index (χ3n) is 5.09. The van der Waals surface area contributed by atoms with Crippen LogP contribution < -0.4 is 24.4 Å². The van der Waals surface area contributed by atoms with E-state index >= 15 is 0 Å². The molecular formula is C25H34N2O5. The smallest absolute Gasteiger partial charge is 0.224 e. The number of hydrogen-bond donors (Lipinski definition) is 1. The molecule has 0 bridgehead atoms. The number of aryl methyl sites for hydroxylation is 1. The Morgan fingerprint density at radius 3 is 2.50 bits per heavy atom. The predicted molar refractivity (Wildman–Crippen MR) is 126 cm³/mol. The normalized spacial score (nSPS) is 13.5. The van der Waals surface area contributed by atoms with Crippen LogP contribution >= 0.6 is 0 Å². The zero-order valence-corrected chi connectivity index (χ0v) is 19.3. The second-order valence-corrected chi connectivity index (χ2v) is 7.60. The number of anilines is 2. The lowest BCUT2D eigenvalue weighted by Crippen LogP contribution is -2.36. The minimum absolute atomic E-state index is 0.0830. The first kappa shape index (κ1) is 23.7. The Bertz CT molecular complexity index is 881. The number of hydrogen-bond acceptors (Lipinski definition) is 6. The Morgan fingerprint density at radius 1 is 1.03 bits per heavy atom. The monoisotopic (exact) mass is 442 g/mol. The lowest BCUT2D eigenvalue weighted by molar-refractivity contribution is -0.116. The van der Waals surface area contributed by atoms with Gasteiger partial charge in [-0.3, -0.25) is 4.79 Å². The number of carbonyl (C=O) groups is 1. The van der Waals surface area contributed by atoms with Gasteiger partial charge in [-0.15, -0.1) is 0 Å². The van der Waals surface area contributed by atoms with Crippen LogP contribution in [0.5, 0.6) is 17.2 Å². The van der Waals surface area contributed by atoms with E-state index in [2.05, 4.69) is 10.2 Å². The fourth-order valence-electron chi connectivity index (χ4n) is 3.58. The molecule has 2 aromatic rings. The highest BCUT2D eigenvalue weighted by Crippen LogP contribution is 2.39. The minimum atomic E-state index is -0.0830. The summed E-state index contributed by atoms with van der Waals surface area (Å²) in [7, 11) is 0. The van der Waals surface area contributed by atoms with Crippen molar-refractivity contribution >= 4 is 17.3 Å². The van der Waals surface area contributed by atoms with Crippen LogP contribution in [-0.4, -0.2) is 52.0 Å². The van der Waals surface area contributed by atoms with Gasteiger partial charge in [-0.1, -0.05) is 12.1 Å². The molecule has 1 N–H and O–H groups in total. The molecule has 2 aromatic carbocycles. The summed E-state index contributed by atoms with van der Waals surface area (Å²) in [4.78, 5) is 14.8. The highest BCUT2D eigenvalue weighted by Gasteiger charge is 2.20. The molecule has 0 atom stereocenters. The summed E-state index contributed by atoms with van der Waals surface area (Å²) in [5, 5.41) is 2.99. The molecule has 1 aliphatic rings. The van der Waals surface area contributed by atoms with E-state index in [1.165, 1.54) is 0 Å². The van der Waals surface area contributed by atoms with E-state index in [1.54, 1.807) is 0 Å². The average molecular weight is 443 g/mol. The van der Waals surface area contributed by atoms with Crippen LogP contribution in [0.4, 0.5) is 11.4 Å². The maximum absolute atomic E-state index is 12.6. The largest absolute Gasteiger partial charge is 0.494 e. The molecule has 1 amide bonds. The average Bonchev–Trinajstić information content (AvgIpc) is 2.79. The number of ether oxygens (including phenoxy) is 4. The number of rotatable bonds is 11. The molecule has 1 saturated heterocycles. The third kappa shape index (κ3) is 6.79. The fourth-order valence-corrected chi connectivity index (χ4v) is 3.58. The summed E-state index contributed by atoms with van der Waals surface area (Å²) in [5.74, 6) is 2.11. The highest BCUT2D eigenvalue weighted by atomic mass is 16.5. The van der Waals surface area contributed by atoms with Crippen LogP contribution in [0.1, 0.15) is 32.3 Å². The zero-order chi connectivity index (χ0) is 22.8. The first-order chi connectivity index (χ1) is 15.6. The van der Waals surface area contributed by atoms with Gasteiger partial charge in [-0.25, -0.2) is 0 Å². The Kier molecular flexibility index (Phi) is 9.04. The molecule has 1 heterocycles. The maximum atomic E-state index is 12.6. The molecule has 1 fully saturated rings. The van der Waals surface area contributed by atoms with Crippen molar-refractivity contribution in [3.05, 3.63) is 42.0 Å². The van der Waals surface area contributed by atoms with Gasteiger partial charge in [0.15, 0.2) is 0 Å². The highest BCUT2D eigenvalue weighted by molar-refractivity contribution is 5.93. The second kappa shape index (κ2) is 12.2. The van der Waals surface area contributed by atoms with Gasteiger partial charge < -0.3 is 29.2 Å². The van der Waals surface area contributed by atoms with Gasteiger partial charge in [-0.2, -0.15) is 0 Å². The number of nitrogens with one attached hydrogen (secondary N) is 1. The van der Waals surface area contributed by atoms with Crippen LogP contribution in [0.3, 0.4) is 0 Å². The van der Waals surface area contributed by atoms with Gasteiger partial charge in [-0.05, 0) is 44.9 Å². The van der Waals surface area contributed by atoms with E-state index in [9.17, 15) is 4.79 Å². The second-order valence-electron chi connectivity index (χ2n) is 7.60. The Labute approximate surface area is 190 Å². The molecule has 0 unspecified atom stereocenters. The molecule has 0 saturated carbocycles. The molecule has 1 aliphatic heterocycles. The van der Waals surface area contributed by atoms with Crippen molar-refractivity contribution in [2.24, 2.45) is 0 Å². The molecule has 0 radical (unpaired) electrons. The van der Waals surface area contributed by atoms with Crippen LogP contribution in [0.15, 0.2) is 36.4 Å². The van der Waals surface area contributed by atoms with E-state index in [4.69, 9.17) is 18.9 Å². The van der Waals surface area contributed by atoms with Crippen LogP contribution in [0, 0.1) is 6.92 Å². The summed E-state index contributed by atoms with van der Waals surface area (Å²) in [5.41, 5.74) is 2.73. The van der Waals surface area contributed by atoms with E-state index in [-0.39, 0.29) is 5.91 Å². The Balaban J connectivity index is 1.64. The molecule has 3 rings (SSSR count). The summed E-state index contributed by atoms with van der Waals surface area (Å²) in [6.45, 7) is 10.4. The number of morpholine rings is 1. The molecule has 0 aromatic heterocycles. The quantitative estimate of drug-likeness (QED) is 0.520. The van der Waals surface area contributed by atoms with Gasteiger partial charge in [0.2, 0.25) is 5.91 Å². The van der Waals surface area contributed by atoms with Gasteiger partial charge >= 0.3 is 0 Å². The first-order valence-corrected chi connectivity index (χ1v) is 11.4. The van der Waals surface area contributed by atoms with E-state index in [1.807, 2.05) is 57.2 Å². The molecular weight excluding hydrogens is 408 g/mol. The molecule has 0 aliphatic carbocycles. The lowest BCUT2D eigenvalue weighted by atomic mass is 10.2. The summed E-state index contributed by atoms with van der Waals surface area (Å²) in [6, 6.07) is 11.7. The van der Waals surface area contributed by atoms with Crippen molar-refractivity contribution < 1.29 is 23.7 Å². The van der Waals surface area contributed by atoms with Crippen LogP contribution in [0.2, 0.25) is 0 Å². The van der Waals surface area contributed by atoms with E-state index in [0.29, 0.717) is 57.3 Å². The SMILES string of the molecule is CCOc1cc(N2CCOCC2)c(OCC)cc1NC(=O)CCCOc1cccc(C)c1. The van der Waals surface area contributed by atoms with Crippen molar-refractivity contribution in [1.29, 1.82) is 0 Å². The summed E-state index contributed by atoms with van der Waals surface area (Å²) in [6.07, 6.45) is 0.973. The number of nitrogens with zero attached hydrogens (tertiary/aromatic N) is 1. The first-order valence-electron chi connectivity index (χ1n) is 11.4. The molecule has 0 spiro atoms. The number of carbonyl (C=O) groups excluding carboxylic acids is 1. The van der Waals surface area contributed by atoms with Gasteiger partial charge in [0.25, 0.3) is 0 Å². The van der Waals surface area contributed by atoms with Gasteiger partial charge in [0.05, 0.1) is 44.4 Å². The Hall–Kier alpha value is -2.93. The minimum Gasteiger partial charge on any atom is -0.494 e. The standard InChI is InChI=1S/C25H34N2O5/c1-4-30-23-18-22(27-11-14-29-15-12-27)24(31-5-2)17-21(23)26-25(28)10-7-13-32-20-9-6-8-19(3)16-20/h6,8-9,16-18H,4-5,7,10-15H2,1-3H3,(H,26,28). The molecule has 7 nitrogen and oxygen atoms in total. The van der Waals surface area contributed by atoms with Crippen molar-refractivity contribution in [3.63, 3.8) is 0 Å². The summed E-state index contributed by atoms with van der Waals surface area (Å²) >= 11 is 0. The summed E-state index contributed by atoms with van der Waals surface area (Å²) < 4.78 is 23.0. The molecule has 32 heavy (non-hydrogen) atoms. The lowest BCUT2D eigenvalue weighted by Gasteiger charge is -2.31. The van der Waals surface area contributed by atoms with E-state index in [0.717, 1.165) is 35.8 Å². The topological polar surface area (TPSA) is 69.3 Å². The van der Waals surface area contributed by atoms with Crippen LogP contribution in [-0.2, 0) is 9.53 Å². The van der Waals surface area contributed by atoms with Gasteiger partial charge in [0, 0.05) is 31.6 Å². The van der Waals surface area contributed by atoms with E-state index < -0.39 is 0 Å². The van der Waals surface area contributed by atoms with Crippen molar-refractivity contribution in [1.82, 2.24) is 0 Å². The number of benzene rings is 2. The fraction of sp³-hybridized carbons (Fsp3) is 0.480. The van der Waals surface area contributed by atoms with Crippen molar-refractivity contribution in [2.45, 2.75) is 33.6 Å². The predicted octanol–water partition coefficient (Wildman–Crippen LogP) is 4.43. The molecule has 174 valence electrons. The van der Waals surface area contributed by atoms with Crippen molar-refractivity contribution in [2.75, 3.05) is 56.3 Å².